The van der Waals surface area contributed by atoms with Gasteiger partial charge in [0.2, 0.25) is 5.75 Å². The summed E-state index contributed by atoms with van der Waals surface area (Å²) in [5.74, 6) is -0.185. The van der Waals surface area contributed by atoms with Crippen molar-refractivity contribution in [2.24, 2.45) is 0 Å². The molecule has 0 radical (unpaired) electrons. The lowest BCUT2D eigenvalue weighted by Crippen LogP contribution is -2.42. The molecule has 0 aliphatic rings. The number of amides is 1. The van der Waals surface area contributed by atoms with Gasteiger partial charge in [-0.15, -0.1) is 0 Å². The van der Waals surface area contributed by atoms with Gasteiger partial charge < -0.3 is 14.8 Å². The van der Waals surface area contributed by atoms with Crippen LogP contribution in [0.25, 0.3) is 0 Å². The highest BCUT2D eigenvalue weighted by atomic mass is 17.3. The molecule has 0 aromatic heterocycles. The third-order valence-corrected chi connectivity index (χ3v) is 2.20. The van der Waals surface area contributed by atoms with Gasteiger partial charge in [0.1, 0.15) is 0 Å². The Bertz CT molecular complexity index is 451. The molecule has 0 bridgehead atoms. The maximum atomic E-state index is 10.7. The topological polar surface area (TPSA) is 105 Å². The Kier molecular flexibility index (Phi) is 5.55. The lowest BCUT2D eigenvalue weighted by molar-refractivity contribution is -0.406. The van der Waals surface area contributed by atoms with Crippen LogP contribution < -0.4 is 9.99 Å². The Morgan fingerprint density at radius 2 is 2.11 bits per heavy atom. The molecular formula is C11H13N2O6-. The molecule has 1 rings (SSSR count). The molecule has 0 fully saturated rings. The molecule has 1 aromatic rings. The molecular weight excluding hydrogens is 256 g/mol. The first-order chi connectivity index (χ1) is 9.06. The largest absolute Gasteiger partial charge is 0.528 e. The Labute approximate surface area is 109 Å². The summed E-state index contributed by atoms with van der Waals surface area (Å²) in [4.78, 5) is 30.0. The van der Waals surface area contributed by atoms with Crippen molar-refractivity contribution in [3.05, 3.63) is 34.4 Å². The molecule has 0 spiro atoms. The number of carboxylic acid groups (broad SMARTS) is 1. The summed E-state index contributed by atoms with van der Waals surface area (Å²) in [5.41, 5.74) is -0.323. The Hall–Kier alpha value is -2.35. The molecule has 0 heterocycles. The summed E-state index contributed by atoms with van der Waals surface area (Å²) in [6, 6.07) is 5.47. The number of nitro groups is 1. The fraction of sp³-hybridized carbons (Fsp3) is 0.364. The van der Waals surface area contributed by atoms with Crippen LogP contribution in [0.4, 0.5) is 10.5 Å². The summed E-state index contributed by atoms with van der Waals surface area (Å²) >= 11 is 0. The minimum atomic E-state index is -1.58. The lowest BCUT2D eigenvalue weighted by atomic mass is 10.3. The van der Waals surface area contributed by atoms with Crippen molar-refractivity contribution in [1.82, 2.24) is 5.06 Å². The maximum absolute atomic E-state index is 10.7. The van der Waals surface area contributed by atoms with Gasteiger partial charge in [0.25, 0.3) is 0 Å². The molecule has 8 heteroatoms. The van der Waals surface area contributed by atoms with E-state index in [1.807, 2.05) is 6.92 Å². The summed E-state index contributed by atoms with van der Waals surface area (Å²) in [5, 5.41) is 21.9. The van der Waals surface area contributed by atoms with Gasteiger partial charge in [0, 0.05) is 6.07 Å². The second-order valence-corrected chi connectivity index (χ2v) is 3.60. The Balaban J connectivity index is 2.68. The van der Waals surface area contributed by atoms with Gasteiger partial charge >= 0.3 is 5.69 Å². The quantitative estimate of drug-likeness (QED) is 0.419. The minimum absolute atomic E-state index is 0.0550. The van der Waals surface area contributed by atoms with Crippen LogP contribution >= 0.6 is 0 Å². The molecule has 0 N–H and O–H groups in total. The SMILES string of the molecule is CCCCN(OOc1ccccc1[N+](=O)[O-])C(=O)[O-]. The molecule has 0 saturated heterocycles. The summed E-state index contributed by atoms with van der Waals surface area (Å²) in [7, 11) is 0. The van der Waals surface area contributed by atoms with E-state index in [9.17, 15) is 20.0 Å². The zero-order valence-electron chi connectivity index (χ0n) is 10.3. The third kappa shape index (κ3) is 4.43. The number of hydrogen-bond acceptors (Lipinski definition) is 6. The summed E-state index contributed by atoms with van der Waals surface area (Å²) < 4.78 is 0. The first-order valence-corrected chi connectivity index (χ1v) is 5.62. The van der Waals surface area contributed by atoms with Crippen molar-refractivity contribution in [3.8, 4) is 5.75 Å². The van der Waals surface area contributed by atoms with E-state index in [0.29, 0.717) is 11.5 Å². The minimum Gasteiger partial charge on any atom is -0.528 e. The number of rotatable bonds is 7. The number of hydrogen-bond donors (Lipinski definition) is 0. The van der Waals surface area contributed by atoms with Crippen molar-refractivity contribution in [2.45, 2.75) is 19.8 Å². The van der Waals surface area contributed by atoms with Crippen molar-refractivity contribution in [3.63, 3.8) is 0 Å². The molecule has 0 unspecified atom stereocenters. The van der Waals surface area contributed by atoms with Gasteiger partial charge in [0.05, 0.1) is 11.5 Å². The predicted molar refractivity (Wildman–Crippen MR) is 61.8 cm³/mol. The van der Waals surface area contributed by atoms with Crippen LogP contribution in [0.1, 0.15) is 19.8 Å². The molecule has 1 aromatic carbocycles. The number of nitrogens with zero attached hydrogens (tertiary/aromatic N) is 2. The fourth-order valence-corrected chi connectivity index (χ4v) is 1.22. The first kappa shape index (κ1) is 14.7. The van der Waals surface area contributed by atoms with Crippen molar-refractivity contribution < 1.29 is 24.7 Å². The monoisotopic (exact) mass is 269 g/mol. The van der Waals surface area contributed by atoms with Crippen LogP contribution in [-0.4, -0.2) is 22.6 Å². The predicted octanol–water partition coefficient (Wildman–Crippen LogP) is 1.27. The van der Waals surface area contributed by atoms with Crippen molar-refractivity contribution in [1.29, 1.82) is 0 Å². The number of para-hydroxylation sites is 2. The van der Waals surface area contributed by atoms with Crippen LogP contribution in [0.5, 0.6) is 5.75 Å². The molecule has 104 valence electrons. The highest BCUT2D eigenvalue weighted by molar-refractivity contribution is 5.60. The highest BCUT2D eigenvalue weighted by Gasteiger charge is 2.16. The Morgan fingerprint density at radius 3 is 2.68 bits per heavy atom. The highest BCUT2D eigenvalue weighted by Crippen LogP contribution is 2.26. The summed E-state index contributed by atoms with van der Waals surface area (Å²) in [6.07, 6.45) is -0.278. The van der Waals surface area contributed by atoms with Crippen LogP contribution in [0.3, 0.4) is 0 Å². The van der Waals surface area contributed by atoms with E-state index < -0.39 is 11.0 Å². The first-order valence-electron chi connectivity index (χ1n) is 5.62. The second kappa shape index (κ2) is 7.17. The average Bonchev–Trinajstić information content (AvgIpc) is 2.38. The lowest BCUT2D eigenvalue weighted by Gasteiger charge is -2.21. The maximum Gasteiger partial charge on any atom is 0.315 e. The van der Waals surface area contributed by atoms with E-state index in [0.717, 1.165) is 6.42 Å². The van der Waals surface area contributed by atoms with E-state index in [1.54, 1.807) is 0 Å². The fourth-order valence-electron chi connectivity index (χ4n) is 1.22. The number of benzene rings is 1. The summed E-state index contributed by atoms with van der Waals surface area (Å²) in [6.45, 7) is 1.93. The van der Waals surface area contributed by atoms with Crippen LogP contribution in [0.2, 0.25) is 0 Å². The van der Waals surface area contributed by atoms with E-state index in [2.05, 4.69) is 9.88 Å². The Morgan fingerprint density at radius 1 is 1.42 bits per heavy atom. The van der Waals surface area contributed by atoms with Crippen LogP contribution in [0, 0.1) is 10.1 Å². The molecule has 19 heavy (non-hydrogen) atoms. The zero-order valence-corrected chi connectivity index (χ0v) is 10.3. The van der Waals surface area contributed by atoms with E-state index >= 15 is 0 Å². The normalized spacial score (nSPS) is 9.95. The van der Waals surface area contributed by atoms with Crippen LogP contribution in [-0.2, 0) is 4.99 Å². The molecule has 1 amide bonds. The molecule has 8 nitrogen and oxygen atoms in total. The smallest absolute Gasteiger partial charge is 0.315 e. The average molecular weight is 269 g/mol. The molecule has 0 atom stereocenters. The molecule has 0 aliphatic carbocycles. The third-order valence-electron chi connectivity index (χ3n) is 2.20. The number of hydroxylamine groups is 2. The number of carbonyl (C=O) groups excluding carboxylic acids is 1. The second-order valence-electron chi connectivity index (χ2n) is 3.60. The van der Waals surface area contributed by atoms with Gasteiger partial charge in [-0.05, 0) is 12.5 Å². The number of carbonyl (C=O) groups is 1. The van der Waals surface area contributed by atoms with Crippen molar-refractivity contribution in [2.75, 3.05) is 6.54 Å². The molecule has 0 saturated carbocycles. The number of nitro benzene ring substituents is 1. The van der Waals surface area contributed by atoms with Gasteiger partial charge in [-0.25, -0.2) is 0 Å². The molecule has 0 aliphatic heterocycles. The van der Waals surface area contributed by atoms with E-state index in [-0.39, 0.29) is 18.0 Å². The van der Waals surface area contributed by atoms with Crippen LogP contribution in [0.15, 0.2) is 24.3 Å². The van der Waals surface area contributed by atoms with Gasteiger partial charge in [0.15, 0.2) is 6.09 Å². The van der Waals surface area contributed by atoms with E-state index in [1.165, 1.54) is 24.3 Å². The zero-order chi connectivity index (χ0) is 14.3. The van der Waals surface area contributed by atoms with Gasteiger partial charge in [-0.1, -0.05) is 30.5 Å². The van der Waals surface area contributed by atoms with Gasteiger partial charge in [-0.3, -0.25) is 10.1 Å². The standard InChI is InChI=1S/C11H14N2O6/c1-2-3-8-12(11(14)15)19-18-10-7-5-4-6-9(10)13(16)17/h4-7H,2-3,8H2,1H3,(H,14,15)/p-1. The van der Waals surface area contributed by atoms with Gasteiger partial charge in [-0.2, -0.15) is 5.06 Å². The van der Waals surface area contributed by atoms with Crippen molar-refractivity contribution >= 4 is 11.8 Å². The number of unbranched alkanes of at least 4 members (excludes halogenated alkanes) is 1. The van der Waals surface area contributed by atoms with E-state index in [4.69, 9.17) is 0 Å².